The number of amides is 1. The van der Waals surface area contributed by atoms with Crippen molar-refractivity contribution in [2.75, 3.05) is 6.61 Å². The summed E-state index contributed by atoms with van der Waals surface area (Å²) in [5.74, 6) is -0.970. The molecule has 1 aliphatic heterocycles. The first kappa shape index (κ1) is 30.9. The maximum Gasteiger partial charge on any atom is 0.295 e. The van der Waals surface area contributed by atoms with Crippen molar-refractivity contribution in [2.45, 2.75) is 42.5 Å². The lowest BCUT2D eigenvalue weighted by Crippen LogP contribution is -2.65. The van der Waals surface area contributed by atoms with Crippen molar-refractivity contribution in [2.24, 2.45) is 0 Å². The van der Waals surface area contributed by atoms with E-state index in [-0.39, 0.29) is 26.9 Å². The van der Waals surface area contributed by atoms with Gasteiger partial charge in [0.05, 0.1) is 16.7 Å². The Morgan fingerprint density at radius 1 is 1.10 bits per heavy atom. The molecule has 5 N–H and O–H groups in total. The number of allylic oxidation sites excluding steroid dienone is 5. The monoisotopic (exact) mass is 625 g/mol. The summed E-state index contributed by atoms with van der Waals surface area (Å²) in [5, 5.41) is 32.6. The third kappa shape index (κ3) is 6.71. The van der Waals surface area contributed by atoms with Gasteiger partial charge in [0.15, 0.2) is 5.78 Å². The number of hydrogen-bond donors (Lipinski definition) is 5. The Kier molecular flexibility index (Phi) is 9.36. The lowest BCUT2D eigenvalue weighted by molar-refractivity contribution is -0.244. The smallest absolute Gasteiger partial charge is 0.295 e. The highest BCUT2D eigenvalue weighted by molar-refractivity contribution is 7.86. The molecule has 2 aliphatic rings. The van der Waals surface area contributed by atoms with Crippen molar-refractivity contribution in [3.05, 3.63) is 87.4 Å². The molecule has 2 aromatic carbocycles. The minimum absolute atomic E-state index is 0.0118. The average molecular weight is 626 g/mol. The molecule has 0 bridgehead atoms. The van der Waals surface area contributed by atoms with E-state index in [1.807, 2.05) is 0 Å². The van der Waals surface area contributed by atoms with Crippen molar-refractivity contribution >= 4 is 50.6 Å². The molecule has 218 valence electrons. The first-order valence-electron chi connectivity index (χ1n) is 12.1. The van der Waals surface area contributed by atoms with Gasteiger partial charge in [-0.05, 0) is 47.1 Å². The molecule has 4 rings (SSSR count). The molecule has 41 heavy (non-hydrogen) atoms. The van der Waals surface area contributed by atoms with Gasteiger partial charge in [-0.15, -0.1) is 0 Å². The summed E-state index contributed by atoms with van der Waals surface area (Å²) >= 11 is 12.6. The van der Waals surface area contributed by atoms with Crippen LogP contribution in [0.15, 0.2) is 76.2 Å². The summed E-state index contributed by atoms with van der Waals surface area (Å²) in [6.07, 6.45) is -1.63. The Balaban J connectivity index is 1.80. The van der Waals surface area contributed by atoms with Gasteiger partial charge in [0, 0.05) is 12.5 Å². The second-order valence-corrected chi connectivity index (χ2v) is 11.4. The highest BCUT2D eigenvalue weighted by Crippen LogP contribution is 2.38. The number of aliphatic hydroxyl groups is 3. The van der Waals surface area contributed by atoms with Gasteiger partial charge in [0.25, 0.3) is 10.1 Å². The molecule has 0 radical (unpaired) electrons. The van der Waals surface area contributed by atoms with Gasteiger partial charge in [-0.3, -0.25) is 14.1 Å². The van der Waals surface area contributed by atoms with Gasteiger partial charge in [0.1, 0.15) is 35.0 Å². The van der Waals surface area contributed by atoms with E-state index in [9.17, 15) is 37.9 Å². The molecule has 0 spiro atoms. The molecule has 1 saturated heterocycles. The molecule has 11 nitrogen and oxygen atoms in total. The van der Waals surface area contributed by atoms with Crippen LogP contribution in [0.2, 0.25) is 5.02 Å². The molecular weight excluding hydrogens is 601 g/mol. The Morgan fingerprint density at radius 3 is 2.41 bits per heavy atom. The SMILES string of the molecule is CC(=O)N[C@H]1[C@H](Oc2ccc(/C(=C3/C=CC(=O)C(Cl)=C3)c3ccccc3S(=O)(=O)O)cc2Cl)O[C@H](CO)[C@@H](O)[C@@H]1O. The van der Waals surface area contributed by atoms with Crippen LogP contribution in [0.25, 0.3) is 5.57 Å². The summed E-state index contributed by atoms with van der Waals surface area (Å²) in [6.45, 7) is 0.553. The molecular formula is C27H25Cl2NO10S. The lowest BCUT2D eigenvalue weighted by Gasteiger charge is -2.42. The number of carbonyl (C=O) groups is 2. The maximum atomic E-state index is 12.2. The molecule has 0 aromatic heterocycles. The van der Waals surface area contributed by atoms with Crippen LogP contribution in [-0.4, -0.2) is 77.2 Å². The standard InChI is InChI=1S/C27H25Cl2NO10S/c1-13(32)30-24-26(35)25(34)21(12-31)40-27(24)39-20-9-7-15(11-18(20)29)23(14-6-8-19(33)17(28)10-14)16-4-2-3-5-22(16)41(36,37)38/h2-11,21,24-27,31,34-35H,12H2,1H3,(H,30,32)(H,36,37,38)/b23-14+/t21-,24-,25-,26-,27-/m1/s1. The lowest BCUT2D eigenvalue weighted by atomic mass is 9.90. The first-order valence-corrected chi connectivity index (χ1v) is 14.3. The first-order chi connectivity index (χ1) is 19.3. The largest absolute Gasteiger partial charge is 0.461 e. The van der Waals surface area contributed by atoms with E-state index in [2.05, 4.69) is 5.32 Å². The van der Waals surface area contributed by atoms with Gasteiger partial charge in [-0.2, -0.15) is 8.42 Å². The minimum atomic E-state index is -4.67. The Labute approximate surface area is 245 Å². The van der Waals surface area contributed by atoms with Gasteiger partial charge in [0.2, 0.25) is 12.2 Å². The van der Waals surface area contributed by atoms with Crippen LogP contribution >= 0.6 is 23.2 Å². The molecule has 14 heteroatoms. The van der Waals surface area contributed by atoms with Gasteiger partial charge < -0.3 is 30.1 Å². The van der Waals surface area contributed by atoms with Gasteiger partial charge in [-0.25, -0.2) is 0 Å². The van der Waals surface area contributed by atoms with E-state index >= 15 is 0 Å². The molecule has 2 aromatic rings. The topological polar surface area (TPSA) is 180 Å². The summed E-state index contributed by atoms with van der Waals surface area (Å²) in [7, 11) is -4.67. The van der Waals surface area contributed by atoms with Crippen LogP contribution < -0.4 is 10.1 Å². The second-order valence-electron chi connectivity index (χ2n) is 9.19. The third-order valence-corrected chi connectivity index (χ3v) is 7.87. The van der Waals surface area contributed by atoms with Crippen LogP contribution in [-0.2, 0) is 24.4 Å². The van der Waals surface area contributed by atoms with E-state index in [1.165, 1.54) is 61.5 Å². The molecule has 0 saturated carbocycles. The predicted octanol–water partition coefficient (Wildman–Crippen LogP) is 1.97. The van der Waals surface area contributed by atoms with E-state index < -0.39 is 64.0 Å². The Hall–Kier alpha value is -3.07. The molecule has 1 heterocycles. The number of carbonyl (C=O) groups excluding carboxylic acids is 2. The number of nitrogens with one attached hydrogen (secondary N) is 1. The Morgan fingerprint density at radius 2 is 1.80 bits per heavy atom. The molecule has 5 atom stereocenters. The van der Waals surface area contributed by atoms with E-state index in [4.69, 9.17) is 32.7 Å². The highest BCUT2D eigenvalue weighted by Gasteiger charge is 2.46. The summed E-state index contributed by atoms with van der Waals surface area (Å²) in [4.78, 5) is 23.3. The fraction of sp³-hybridized carbons (Fsp3) is 0.259. The van der Waals surface area contributed by atoms with Crippen LogP contribution in [0, 0.1) is 0 Å². The van der Waals surface area contributed by atoms with Crippen molar-refractivity contribution in [3.63, 3.8) is 0 Å². The van der Waals surface area contributed by atoms with Crippen LogP contribution in [0.4, 0.5) is 0 Å². The fourth-order valence-corrected chi connectivity index (χ4v) is 5.58. The quantitative estimate of drug-likeness (QED) is 0.285. The fourth-order valence-electron chi connectivity index (χ4n) is 4.48. The number of ketones is 1. The zero-order chi connectivity index (χ0) is 30.1. The number of benzene rings is 2. The summed E-state index contributed by atoms with van der Waals surface area (Å²) in [6, 6.07) is 8.81. The van der Waals surface area contributed by atoms with Crippen molar-refractivity contribution < 1.29 is 47.4 Å². The van der Waals surface area contributed by atoms with Crippen molar-refractivity contribution in [3.8, 4) is 5.75 Å². The van der Waals surface area contributed by atoms with E-state index in [0.29, 0.717) is 11.1 Å². The molecule has 1 aliphatic carbocycles. The highest BCUT2D eigenvalue weighted by atomic mass is 35.5. The number of hydrogen-bond acceptors (Lipinski definition) is 9. The van der Waals surface area contributed by atoms with Crippen LogP contribution in [0.3, 0.4) is 0 Å². The van der Waals surface area contributed by atoms with Crippen LogP contribution in [0.1, 0.15) is 18.1 Å². The number of rotatable bonds is 7. The minimum Gasteiger partial charge on any atom is -0.461 e. The molecule has 0 unspecified atom stereocenters. The molecule has 1 fully saturated rings. The molecule has 1 amide bonds. The number of ether oxygens (including phenoxy) is 2. The van der Waals surface area contributed by atoms with E-state index in [1.54, 1.807) is 6.07 Å². The van der Waals surface area contributed by atoms with Crippen molar-refractivity contribution in [1.82, 2.24) is 5.32 Å². The predicted molar refractivity (Wildman–Crippen MR) is 148 cm³/mol. The van der Waals surface area contributed by atoms with Crippen LogP contribution in [0.5, 0.6) is 5.75 Å². The Bertz CT molecular complexity index is 1570. The number of halogens is 2. The van der Waals surface area contributed by atoms with Gasteiger partial charge >= 0.3 is 0 Å². The van der Waals surface area contributed by atoms with Crippen molar-refractivity contribution in [1.29, 1.82) is 0 Å². The summed E-state index contributed by atoms with van der Waals surface area (Å²) < 4.78 is 45.8. The second kappa shape index (κ2) is 12.4. The maximum absolute atomic E-state index is 12.2. The normalized spacial score (nSPS) is 25.9. The zero-order valence-electron chi connectivity index (χ0n) is 21.3. The van der Waals surface area contributed by atoms with E-state index in [0.717, 1.165) is 0 Å². The third-order valence-electron chi connectivity index (χ3n) is 6.37. The summed E-state index contributed by atoms with van der Waals surface area (Å²) in [5.41, 5.74) is 1.05. The number of aliphatic hydroxyl groups excluding tert-OH is 3. The van der Waals surface area contributed by atoms with Gasteiger partial charge in [-0.1, -0.05) is 53.5 Å². The average Bonchev–Trinajstić information content (AvgIpc) is 2.91. The zero-order valence-corrected chi connectivity index (χ0v) is 23.6.